The molecule has 0 atom stereocenters. The fourth-order valence-corrected chi connectivity index (χ4v) is 5.35. The highest BCUT2D eigenvalue weighted by atomic mass is 32.2. The zero-order valence-electron chi connectivity index (χ0n) is 17.7. The van der Waals surface area contributed by atoms with Crippen LogP contribution in [0, 0.1) is 6.92 Å². The number of hydrogen-bond donors (Lipinski definition) is 4. The molecule has 0 aliphatic heterocycles. The molecule has 1 aliphatic carbocycles. The monoisotopic (exact) mass is 478 g/mol. The molecule has 3 amide bonds. The highest BCUT2D eigenvalue weighted by molar-refractivity contribution is 7.89. The molecule has 1 aromatic carbocycles. The summed E-state index contributed by atoms with van der Waals surface area (Å²) in [6.45, 7) is 0.905. The highest BCUT2D eigenvalue weighted by Gasteiger charge is 2.18. The predicted molar refractivity (Wildman–Crippen MR) is 121 cm³/mol. The largest absolute Gasteiger partial charge is 0.346 e. The number of benzene rings is 1. The second-order valence-electron chi connectivity index (χ2n) is 7.54. The van der Waals surface area contributed by atoms with E-state index < -0.39 is 40.8 Å². The fourth-order valence-electron chi connectivity index (χ4n) is 3.21. The molecule has 0 saturated carbocycles. The zero-order chi connectivity index (χ0) is 23.1. The van der Waals surface area contributed by atoms with E-state index in [0.717, 1.165) is 31.2 Å². The molecular formula is C21H26N4O5S2. The maximum atomic E-state index is 12.3. The van der Waals surface area contributed by atoms with Crippen LogP contribution in [0.3, 0.4) is 0 Å². The van der Waals surface area contributed by atoms with Gasteiger partial charge in [0.05, 0.1) is 22.9 Å². The molecule has 0 radical (unpaired) electrons. The summed E-state index contributed by atoms with van der Waals surface area (Å²) in [7, 11) is -3.83. The van der Waals surface area contributed by atoms with Gasteiger partial charge in [-0.1, -0.05) is 24.1 Å². The van der Waals surface area contributed by atoms with E-state index in [2.05, 4.69) is 20.9 Å². The van der Waals surface area contributed by atoms with Crippen LogP contribution in [0.4, 0.5) is 0 Å². The summed E-state index contributed by atoms with van der Waals surface area (Å²) in [6, 6.07) is 8.06. The van der Waals surface area contributed by atoms with E-state index in [1.54, 1.807) is 12.1 Å². The van der Waals surface area contributed by atoms with Crippen LogP contribution in [0.1, 0.15) is 44.9 Å². The quantitative estimate of drug-likeness (QED) is 0.350. The number of nitrogens with one attached hydrogen (secondary N) is 4. The lowest BCUT2D eigenvalue weighted by Gasteiger charge is -2.09. The van der Waals surface area contributed by atoms with Gasteiger partial charge in [0.2, 0.25) is 15.9 Å². The number of sulfonamides is 1. The van der Waals surface area contributed by atoms with Gasteiger partial charge in [0.15, 0.2) is 0 Å². The van der Waals surface area contributed by atoms with E-state index in [0.29, 0.717) is 4.88 Å². The summed E-state index contributed by atoms with van der Waals surface area (Å²) in [6.07, 6.45) is 5.36. The summed E-state index contributed by atoms with van der Waals surface area (Å²) in [5.74, 6) is -1.72. The van der Waals surface area contributed by atoms with Gasteiger partial charge < -0.3 is 5.32 Å². The molecule has 0 bridgehead atoms. The Labute approximate surface area is 191 Å². The summed E-state index contributed by atoms with van der Waals surface area (Å²) in [4.78, 5) is 37.9. The number of hydrazine groups is 1. The van der Waals surface area contributed by atoms with Gasteiger partial charge >= 0.3 is 0 Å². The van der Waals surface area contributed by atoms with Crippen molar-refractivity contribution in [2.24, 2.45) is 0 Å². The van der Waals surface area contributed by atoms with Crippen LogP contribution in [0.5, 0.6) is 0 Å². The summed E-state index contributed by atoms with van der Waals surface area (Å²) >= 11 is 1.44. The summed E-state index contributed by atoms with van der Waals surface area (Å²) in [5, 5.41) is 2.30. The minimum absolute atomic E-state index is 0.0437. The summed E-state index contributed by atoms with van der Waals surface area (Å²) < 4.78 is 26.5. The Morgan fingerprint density at radius 3 is 2.41 bits per heavy atom. The van der Waals surface area contributed by atoms with Crippen molar-refractivity contribution in [2.75, 3.05) is 13.1 Å². The van der Waals surface area contributed by atoms with Crippen LogP contribution in [0.25, 0.3) is 0 Å². The number of fused-ring (bicyclic) bond motifs is 1. The number of amides is 3. The van der Waals surface area contributed by atoms with Gasteiger partial charge in [-0.05, 0) is 56.4 Å². The first-order chi connectivity index (χ1) is 15.2. The van der Waals surface area contributed by atoms with Crippen LogP contribution in [-0.4, -0.2) is 39.2 Å². The standard InChI is InChI=1S/C21H26N4O5S2/c1-14-7-9-16(10-8-14)32(29,30)23-13-19(26)22-12-20(27)24-25-21(28)18-11-15-5-3-2-4-6-17(15)31-18/h7-11,23H,2-6,12-13H2,1H3,(H,22,26)(H,24,27)(H,25,28). The molecule has 0 saturated heterocycles. The minimum atomic E-state index is -3.83. The van der Waals surface area contributed by atoms with Gasteiger partial charge in [0.1, 0.15) is 0 Å². The Morgan fingerprint density at radius 1 is 0.938 bits per heavy atom. The third-order valence-corrected chi connectivity index (χ3v) is 7.64. The van der Waals surface area contributed by atoms with Crippen LogP contribution >= 0.6 is 11.3 Å². The molecule has 2 aromatic rings. The van der Waals surface area contributed by atoms with Gasteiger partial charge in [-0.25, -0.2) is 13.1 Å². The number of aryl methyl sites for hydroxylation is 3. The maximum absolute atomic E-state index is 12.3. The zero-order valence-corrected chi connectivity index (χ0v) is 19.3. The Kier molecular flexibility index (Phi) is 7.99. The maximum Gasteiger partial charge on any atom is 0.279 e. The van der Waals surface area contributed by atoms with Crippen LogP contribution in [-0.2, 0) is 32.5 Å². The molecule has 0 spiro atoms. The van der Waals surface area contributed by atoms with E-state index in [1.807, 2.05) is 13.0 Å². The average Bonchev–Trinajstić information content (AvgIpc) is 3.05. The molecule has 172 valence electrons. The summed E-state index contributed by atoms with van der Waals surface area (Å²) in [5.41, 5.74) is 6.70. The second-order valence-corrected chi connectivity index (χ2v) is 10.4. The molecule has 11 heteroatoms. The van der Waals surface area contributed by atoms with Crippen LogP contribution < -0.4 is 20.9 Å². The Bertz CT molecular complexity index is 1070. The second kappa shape index (κ2) is 10.7. The lowest BCUT2D eigenvalue weighted by molar-refractivity contribution is -0.125. The number of carbonyl (C=O) groups excluding carboxylic acids is 3. The van der Waals surface area contributed by atoms with Crippen LogP contribution in [0.15, 0.2) is 35.2 Å². The Balaban J connectivity index is 1.39. The van der Waals surface area contributed by atoms with Crippen molar-refractivity contribution in [1.82, 2.24) is 20.9 Å². The highest BCUT2D eigenvalue weighted by Crippen LogP contribution is 2.28. The van der Waals surface area contributed by atoms with Gasteiger partial charge in [0, 0.05) is 4.88 Å². The predicted octanol–water partition coefficient (Wildman–Crippen LogP) is 1.18. The first kappa shape index (κ1) is 23.9. The Morgan fingerprint density at radius 2 is 1.66 bits per heavy atom. The van der Waals surface area contributed by atoms with E-state index >= 15 is 0 Å². The van der Waals surface area contributed by atoms with Gasteiger partial charge in [0.25, 0.3) is 11.8 Å². The molecule has 3 rings (SSSR count). The van der Waals surface area contributed by atoms with E-state index in [4.69, 9.17) is 0 Å². The van der Waals surface area contributed by atoms with E-state index in [-0.39, 0.29) is 4.90 Å². The molecule has 0 unspecified atom stereocenters. The lowest BCUT2D eigenvalue weighted by atomic mass is 10.1. The average molecular weight is 479 g/mol. The minimum Gasteiger partial charge on any atom is -0.346 e. The van der Waals surface area contributed by atoms with Gasteiger partial charge in [-0.3, -0.25) is 25.2 Å². The third kappa shape index (κ3) is 6.62. The SMILES string of the molecule is Cc1ccc(S(=O)(=O)NCC(=O)NCC(=O)NNC(=O)c2cc3c(s2)CCCCC3)cc1. The van der Waals surface area contributed by atoms with E-state index in [1.165, 1.54) is 40.3 Å². The first-order valence-electron chi connectivity index (χ1n) is 10.3. The molecule has 1 heterocycles. The van der Waals surface area contributed by atoms with Gasteiger partial charge in [-0.2, -0.15) is 0 Å². The van der Waals surface area contributed by atoms with Crippen molar-refractivity contribution in [1.29, 1.82) is 0 Å². The molecule has 0 fully saturated rings. The first-order valence-corrected chi connectivity index (χ1v) is 12.6. The molecule has 32 heavy (non-hydrogen) atoms. The van der Waals surface area contributed by atoms with Gasteiger partial charge in [-0.15, -0.1) is 11.3 Å². The number of carbonyl (C=O) groups is 3. The topological polar surface area (TPSA) is 133 Å². The van der Waals surface area contributed by atoms with Crippen molar-refractivity contribution < 1.29 is 22.8 Å². The molecule has 9 nitrogen and oxygen atoms in total. The van der Waals surface area contributed by atoms with Crippen LogP contribution in [0.2, 0.25) is 0 Å². The molecule has 1 aromatic heterocycles. The van der Waals surface area contributed by atoms with E-state index in [9.17, 15) is 22.8 Å². The number of thiophene rings is 1. The van der Waals surface area contributed by atoms with Crippen molar-refractivity contribution in [3.63, 3.8) is 0 Å². The van der Waals surface area contributed by atoms with Crippen molar-refractivity contribution >= 4 is 39.1 Å². The molecule has 4 N–H and O–H groups in total. The van der Waals surface area contributed by atoms with Crippen molar-refractivity contribution in [3.8, 4) is 0 Å². The van der Waals surface area contributed by atoms with Crippen molar-refractivity contribution in [2.45, 2.75) is 43.9 Å². The fraction of sp³-hybridized carbons (Fsp3) is 0.381. The number of hydrogen-bond acceptors (Lipinski definition) is 6. The molecule has 1 aliphatic rings. The smallest absolute Gasteiger partial charge is 0.279 e. The van der Waals surface area contributed by atoms with Crippen molar-refractivity contribution in [3.05, 3.63) is 51.2 Å². The Hall–Kier alpha value is -2.76. The molecular weight excluding hydrogens is 452 g/mol. The lowest BCUT2D eigenvalue weighted by Crippen LogP contribution is -2.47. The normalized spacial score (nSPS) is 13.5. The third-order valence-electron chi connectivity index (χ3n) is 4.99. The number of rotatable bonds is 7.